The predicted molar refractivity (Wildman–Crippen MR) is 106 cm³/mol. The fraction of sp³-hybridized carbons (Fsp3) is 0.684. The van der Waals surface area contributed by atoms with Crippen LogP contribution in [0.2, 0.25) is 5.02 Å². The number of amides is 1. The van der Waals surface area contributed by atoms with Crippen LogP contribution in [0.3, 0.4) is 0 Å². The molecule has 3 heterocycles. The van der Waals surface area contributed by atoms with Gasteiger partial charge in [-0.2, -0.15) is 0 Å². The molecule has 0 N–H and O–H groups in total. The Morgan fingerprint density at radius 2 is 1.88 bits per heavy atom. The van der Waals surface area contributed by atoms with Gasteiger partial charge in [-0.15, -0.1) is 0 Å². The zero-order valence-electron chi connectivity index (χ0n) is 16.1. The number of carbonyl (C=O) groups excluding carboxylic acids is 1. The summed E-state index contributed by atoms with van der Waals surface area (Å²) in [4.78, 5) is 26.3. The van der Waals surface area contributed by atoms with Crippen molar-refractivity contribution in [3.63, 3.8) is 0 Å². The van der Waals surface area contributed by atoms with Crippen molar-refractivity contribution in [3.8, 4) is 0 Å². The number of piperazine rings is 1. The van der Waals surface area contributed by atoms with E-state index in [1.807, 2.05) is 17.0 Å². The molecule has 2 aliphatic rings. The van der Waals surface area contributed by atoms with E-state index in [1.54, 1.807) is 6.20 Å². The van der Waals surface area contributed by atoms with Crippen molar-refractivity contribution in [1.82, 2.24) is 19.7 Å². The third-order valence-electron chi connectivity index (χ3n) is 5.61. The molecule has 1 aromatic rings. The van der Waals surface area contributed by atoms with Crippen molar-refractivity contribution < 1.29 is 4.79 Å². The van der Waals surface area contributed by atoms with E-state index in [9.17, 15) is 4.79 Å². The topological polar surface area (TPSA) is 42.9 Å². The van der Waals surface area contributed by atoms with Crippen LogP contribution in [0.25, 0.3) is 0 Å². The summed E-state index contributed by atoms with van der Waals surface area (Å²) >= 11 is 5.92. The van der Waals surface area contributed by atoms with E-state index in [0.29, 0.717) is 17.0 Å². The van der Waals surface area contributed by atoms with Gasteiger partial charge in [-0.1, -0.05) is 11.6 Å². The Hall–Kier alpha value is -1.37. The average molecular weight is 380 g/mol. The lowest BCUT2D eigenvalue weighted by atomic mass is 9.99. The molecule has 0 unspecified atom stereocenters. The molecule has 7 heteroatoms. The maximum absolute atomic E-state index is 13.0. The first-order chi connectivity index (χ1) is 12.4. The van der Waals surface area contributed by atoms with Gasteiger partial charge in [0.05, 0.1) is 10.9 Å². The number of aromatic nitrogens is 1. The minimum atomic E-state index is 0.116. The Labute approximate surface area is 161 Å². The van der Waals surface area contributed by atoms with E-state index in [4.69, 9.17) is 11.6 Å². The van der Waals surface area contributed by atoms with Crippen LogP contribution in [0.5, 0.6) is 0 Å². The minimum Gasteiger partial charge on any atom is -0.353 e. The van der Waals surface area contributed by atoms with Crippen LogP contribution in [0.1, 0.15) is 12.8 Å². The molecule has 6 nitrogen and oxygen atoms in total. The molecule has 0 radical (unpaired) electrons. The molecule has 144 valence electrons. The molecule has 2 aliphatic heterocycles. The smallest absolute Gasteiger partial charge is 0.227 e. The van der Waals surface area contributed by atoms with Crippen molar-refractivity contribution >= 4 is 23.3 Å². The predicted octanol–water partition coefficient (Wildman–Crippen LogP) is 1.66. The van der Waals surface area contributed by atoms with Crippen molar-refractivity contribution in [2.24, 2.45) is 5.92 Å². The van der Waals surface area contributed by atoms with Crippen LogP contribution >= 0.6 is 11.6 Å². The monoisotopic (exact) mass is 379 g/mol. The van der Waals surface area contributed by atoms with E-state index in [0.717, 1.165) is 57.9 Å². The summed E-state index contributed by atoms with van der Waals surface area (Å²) in [5, 5.41) is 0.649. The van der Waals surface area contributed by atoms with Gasteiger partial charge in [-0.3, -0.25) is 4.79 Å². The first kappa shape index (κ1) is 19.4. The summed E-state index contributed by atoms with van der Waals surface area (Å²) in [6.45, 7) is 5.07. The van der Waals surface area contributed by atoms with Gasteiger partial charge in [0.15, 0.2) is 0 Å². The highest BCUT2D eigenvalue weighted by molar-refractivity contribution is 6.30. The van der Waals surface area contributed by atoms with Gasteiger partial charge in [0, 0.05) is 51.5 Å². The molecule has 0 spiro atoms. The lowest BCUT2D eigenvalue weighted by molar-refractivity contribution is -0.136. The minimum absolute atomic E-state index is 0.116. The van der Waals surface area contributed by atoms with E-state index in [1.165, 1.54) is 0 Å². The number of hydrogen-bond donors (Lipinski definition) is 0. The molecule has 26 heavy (non-hydrogen) atoms. The Morgan fingerprint density at radius 1 is 1.15 bits per heavy atom. The van der Waals surface area contributed by atoms with Crippen molar-refractivity contribution in [2.45, 2.75) is 18.9 Å². The molecule has 1 amide bonds. The zero-order chi connectivity index (χ0) is 18.7. The summed E-state index contributed by atoms with van der Waals surface area (Å²) in [7, 11) is 6.39. The second-order valence-corrected chi connectivity index (χ2v) is 8.20. The van der Waals surface area contributed by atoms with Gasteiger partial charge in [-0.25, -0.2) is 4.98 Å². The second kappa shape index (κ2) is 8.55. The third-order valence-corrected chi connectivity index (χ3v) is 5.83. The van der Waals surface area contributed by atoms with E-state index < -0.39 is 0 Å². The van der Waals surface area contributed by atoms with Gasteiger partial charge in [0.25, 0.3) is 0 Å². The maximum Gasteiger partial charge on any atom is 0.227 e. The normalized spacial score (nSPS) is 25.4. The summed E-state index contributed by atoms with van der Waals surface area (Å²) in [6, 6.07) is 4.34. The van der Waals surface area contributed by atoms with Crippen LogP contribution in [0.15, 0.2) is 18.3 Å². The molecule has 1 aromatic heterocycles. The highest BCUT2D eigenvalue weighted by Gasteiger charge is 2.32. The quantitative estimate of drug-likeness (QED) is 0.799. The third kappa shape index (κ3) is 4.67. The molecule has 0 bridgehead atoms. The van der Waals surface area contributed by atoms with Crippen LogP contribution in [0, 0.1) is 5.92 Å². The SMILES string of the molecule is CN1C[C@H](C(=O)N2CCN(c3ccc(Cl)cn3)CC2)CC[C@H](N(C)C)C1. The first-order valence-corrected chi connectivity index (χ1v) is 9.82. The van der Waals surface area contributed by atoms with E-state index in [2.05, 4.69) is 40.8 Å². The Bertz CT molecular complexity index is 600. The number of rotatable bonds is 3. The number of anilines is 1. The maximum atomic E-state index is 13.0. The molecule has 3 rings (SSSR count). The number of hydrogen-bond acceptors (Lipinski definition) is 5. The van der Waals surface area contributed by atoms with Gasteiger partial charge < -0.3 is 19.6 Å². The second-order valence-electron chi connectivity index (χ2n) is 7.76. The number of halogens is 1. The van der Waals surface area contributed by atoms with Crippen molar-refractivity contribution in [2.75, 3.05) is 65.3 Å². The fourth-order valence-corrected chi connectivity index (χ4v) is 4.09. The molecular formula is C19H30ClN5O. The van der Waals surface area contributed by atoms with Gasteiger partial charge >= 0.3 is 0 Å². The van der Waals surface area contributed by atoms with E-state index in [-0.39, 0.29) is 5.92 Å². The summed E-state index contributed by atoms with van der Waals surface area (Å²) < 4.78 is 0. The standard InChI is InChI=1S/C19H30ClN5O/c1-22(2)17-6-4-15(13-23(3)14-17)19(26)25-10-8-24(9-11-25)18-7-5-16(20)12-21-18/h5,7,12,15,17H,4,6,8-11,13-14H2,1-3H3/t15-,17+/m1/s1. The first-order valence-electron chi connectivity index (χ1n) is 9.44. The summed E-state index contributed by atoms with van der Waals surface area (Å²) in [6.07, 6.45) is 3.74. The number of likely N-dealkylation sites (tertiary alicyclic amines) is 1. The van der Waals surface area contributed by atoms with Crippen molar-refractivity contribution in [1.29, 1.82) is 0 Å². The Balaban J connectivity index is 1.55. The highest BCUT2D eigenvalue weighted by atomic mass is 35.5. The molecule has 2 fully saturated rings. The van der Waals surface area contributed by atoms with Crippen LogP contribution < -0.4 is 4.90 Å². The van der Waals surface area contributed by atoms with Gasteiger partial charge in [-0.05, 0) is 46.1 Å². The largest absolute Gasteiger partial charge is 0.353 e. The number of nitrogens with zero attached hydrogens (tertiary/aromatic N) is 5. The molecule has 2 saturated heterocycles. The van der Waals surface area contributed by atoms with Crippen LogP contribution in [-0.4, -0.2) is 92.0 Å². The summed E-state index contributed by atoms with van der Waals surface area (Å²) in [5.41, 5.74) is 0. The van der Waals surface area contributed by atoms with Crippen LogP contribution in [-0.2, 0) is 4.79 Å². The Kier molecular flexibility index (Phi) is 6.37. The molecule has 2 atom stereocenters. The number of likely N-dealkylation sites (N-methyl/N-ethyl adjacent to an activating group) is 2. The van der Waals surface area contributed by atoms with Gasteiger partial charge in [0.1, 0.15) is 5.82 Å². The van der Waals surface area contributed by atoms with Crippen molar-refractivity contribution in [3.05, 3.63) is 23.4 Å². The number of carbonyl (C=O) groups is 1. The fourth-order valence-electron chi connectivity index (χ4n) is 3.98. The molecule has 0 aromatic carbocycles. The van der Waals surface area contributed by atoms with E-state index >= 15 is 0 Å². The average Bonchev–Trinajstić information content (AvgIpc) is 2.84. The zero-order valence-corrected chi connectivity index (χ0v) is 16.8. The molecular weight excluding hydrogens is 350 g/mol. The molecule has 0 saturated carbocycles. The number of pyridine rings is 1. The van der Waals surface area contributed by atoms with Crippen LogP contribution in [0.4, 0.5) is 5.82 Å². The van der Waals surface area contributed by atoms with Gasteiger partial charge in [0.2, 0.25) is 5.91 Å². The summed E-state index contributed by atoms with van der Waals surface area (Å²) in [5.74, 6) is 1.37. The highest BCUT2D eigenvalue weighted by Crippen LogP contribution is 2.22. The molecule has 0 aliphatic carbocycles. The Morgan fingerprint density at radius 3 is 2.50 bits per heavy atom. The lowest BCUT2D eigenvalue weighted by Gasteiger charge is -2.37. The lowest BCUT2D eigenvalue weighted by Crippen LogP contribution is -2.51.